The molecule has 1 fully saturated rings. The number of nitrogens with one attached hydrogen (secondary N) is 2. The van der Waals surface area contributed by atoms with E-state index in [1.807, 2.05) is 26.1 Å². The standard InChI is InChI=1S/C21H31ClN6S/c1-16-20(29-17(2)26-16)15-25-21(23-3)24-9-6-10-27-11-13-28(14-12-27)19-8-5-4-7-18(19)22/h4-5,7-8H,6,9-15H2,1-3H3,(H2,23,24,25). The highest BCUT2D eigenvalue weighted by molar-refractivity contribution is 7.11. The van der Waals surface area contributed by atoms with Crippen LogP contribution in [0.2, 0.25) is 5.02 Å². The van der Waals surface area contributed by atoms with Gasteiger partial charge in [-0.2, -0.15) is 0 Å². The van der Waals surface area contributed by atoms with Crippen LogP contribution in [-0.4, -0.2) is 62.2 Å². The zero-order chi connectivity index (χ0) is 20.6. The van der Waals surface area contributed by atoms with Crippen LogP contribution in [0.5, 0.6) is 0 Å². The van der Waals surface area contributed by atoms with Crippen LogP contribution in [0.3, 0.4) is 0 Å². The number of hydrogen-bond acceptors (Lipinski definition) is 5. The Morgan fingerprint density at radius 1 is 1.17 bits per heavy atom. The predicted octanol–water partition coefficient (Wildman–Crippen LogP) is 3.29. The molecule has 1 aromatic heterocycles. The third-order valence-corrected chi connectivity index (χ3v) is 6.54. The van der Waals surface area contributed by atoms with Crippen LogP contribution >= 0.6 is 22.9 Å². The van der Waals surface area contributed by atoms with E-state index in [1.54, 1.807) is 11.3 Å². The van der Waals surface area contributed by atoms with Gasteiger partial charge in [0, 0.05) is 44.6 Å². The first-order valence-corrected chi connectivity index (χ1v) is 11.4. The second-order valence-electron chi connectivity index (χ2n) is 7.23. The minimum Gasteiger partial charge on any atom is -0.368 e. The molecule has 2 aromatic rings. The topological polar surface area (TPSA) is 55.8 Å². The molecule has 2 N–H and O–H groups in total. The highest BCUT2D eigenvalue weighted by Gasteiger charge is 2.18. The van der Waals surface area contributed by atoms with E-state index in [0.717, 1.165) is 79.6 Å². The van der Waals surface area contributed by atoms with Crippen LogP contribution < -0.4 is 15.5 Å². The van der Waals surface area contributed by atoms with Gasteiger partial charge < -0.3 is 15.5 Å². The largest absolute Gasteiger partial charge is 0.368 e. The van der Waals surface area contributed by atoms with E-state index in [4.69, 9.17) is 11.6 Å². The third kappa shape index (κ3) is 6.32. The molecule has 29 heavy (non-hydrogen) atoms. The molecule has 158 valence electrons. The highest BCUT2D eigenvalue weighted by atomic mass is 35.5. The number of anilines is 1. The number of aliphatic imine (C=N–C) groups is 1. The molecule has 6 nitrogen and oxygen atoms in total. The van der Waals surface area contributed by atoms with Gasteiger partial charge in [0.05, 0.1) is 28.0 Å². The van der Waals surface area contributed by atoms with Gasteiger partial charge in [0.25, 0.3) is 0 Å². The average molecular weight is 435 g/mol. The van der Waals surface area contributed by atoms with E-state index in [0.29, 0.717) is 0 Å². The minimum absolute atomic E-state index is 0.765. The molecule has 0 atom stereocenters. The Hall–Kier alpha value is -1.83. The molecule has 2 heterocycles. The maximum Gasteiger partial charge on any atom is 0.191 e. The molecule has 0 saturated carbocycles. The van der Waals surface area contributed by atoms with Crippen LogP contribution in [0.25, 0.3) is 0 Å². The number of hydrogen-bond donors (Lipinski definition) is 2. The van der Waals surface area contributed by atoms with Gasteiger partial charge in [-0.25, -0.2) is 4.98 Å². The van der Waals surface area contributed by atoms with E-state index in [1.165, 1.54) is 4.88 Å². The van der Waals surface area contributed by atoms with E-state index in [-0.39, 0.29) is 0 Å². The first-order valence-electron chi connectivity index (χ1n) is 10.2. The van der Waals surface area contributed by atoms with Gasteiger partial charge in [-0.1, -0.05) is 23.7 Å². The van der Waals surface area contributed by atoms with E-state index >= 15 is 0 Å². The van der Waals surface area contributed by atoms with E-state index < -0.39 is 0 Å². The SMILES string of the molecule is CN=C(NCCCN1CCN(c2ccccc2Cl)CC1)NCc1sc(C)nc1C. The lowest BCUT2D eigenvalue weighted by molar-refractivity contribution is 0.255. The number of halogens is 1. The van der Waals surface area contributed by atoms with Crippen molar-refractivity contribution < 1.29 is 0 Å². The molecule has 0 unspecified atom stereocenters. The summed E-state index contributed by atoms with van der Waals surface area (Å²) in [6, 6.07) is 8.11. The van der Waals surface area contributed by atoms with Crippen molar-refractivity contribution in [2.75, 3.05) is 51.2 Å². The van der Waals surface area contributed by atoms with Crippen LogP contribution in [0.15, 0.2) is 29.3 Å². The summed E-state index contributed by atoms with van der Waals surface area (Å²) >= 11 is 8.07. The van der Waals surface area contributed by atoms with Crippen molar-refractivity contribution in [2.24, 2.45) is 4.99 Å². The normalized spacial score (nSPS) is 15.6. The summed E-state index contributed by atoms with van der Waals surface area (Å²) in [6.07, 6.45) is 1.09. The summed E-state index contributed by atoms with van der Waals surface area (Å²) < 4.78 is 0. The maximum atomic E-state index is 6.33. The van der Waals surface area contributed by atoms with Gasteiger partial charge >= 0.3 is 0 Å². The molecule has 0 bridgehead atoms. The summed E-state index contributed by atoms with van der Waals surface area (Å²) in [6.45, 7) is 11.1. The molecule has 0 aliphatic carbocycles. The lowest BCUT2D eigenvalue weighted by Crippen LogP contribution is -2.47. The van der Waals surface area contributed by atoms with Crippen molar-refractivity contribution in [1.29, 1.82) is 0 Å². The molecule has 0 spiro atoms. The number of guanidine groups is 1. The van der Waals surface area contributed by atoms with Gasteiger partial charge in [0.2, 0.25) is 0 Å². The number of piperazine rings is 1. The van der Waals surface area contributed by atoms with Crippen molar-refractivity contribution >= 4 is 34.6 Å². The number of aromatic nitrogens is 1. The fourth-order valence-corrected chi connectivity index (χ4v) is 4.68. The number of rotatable bonds is 7. The van der Waals surface area contributed by atoms with E-state index in [9.17, 15) is 0 Å². The molecule has 8 heteroatoms. The lowest BCUT2D eigenvalue weighted by Gasteiger charge is -2.36. The van der Waals surface area contributed by atoms with Crippen LogP contribution in [-0.2, 0) is 6.54 Å². The van der Waals surface area contributed by atoms with Gasteiger partial charge in [-0.15, -0.1) is 11.3 Å². The summed E-state index contributed by atoms with van der Waals surface area (Å²) in [5, 5.41) is 8.75. The van der Waals surface area contributed by atoms with Gasteiger partial charge in [-0.3, -0.25) is 9.89 Å². The van der Waals surface area contributed by atoms with Crippen molar-refractivity contribution in [3.63, 3.8) is 0 Å². The van der Waals surface area contributed by atoms with Gasteiger partial charge in [0.15, 0.2) is 5.96 Å². The summed E-state index contributed by atoms with van der Waals surface area (Å²) in [4.78, 5) is 15.0. The Balaban J connectivity index is 1.33. The number of thiazole rings is 1. The van der Waals surface area contributed by atoms with Gasteiger partial charge in [0.1, 0.15) is 0 Å². The number of benzene rings is 1. The zero-order valence-electron chi connectivity index (χ0n) is 17.5. The first kappa shape index (κ1) is 21.9. The molecule has 0 amide bonds. The predicted molar refractivity (Wildman–Crippen MR) is 125 cm³/mol. The molecular formula is C21H31ClN6S. The van der Waals surface area contributed by atoms with E-state index in [2.05, 4.69) is 49.5 Å². The number of nitrogens with zero attached hydrogens (tertiary/aromatic N) is 4. The number of aryl methyl sites for hydroxylation is 2. The molecular weight excluding hydrogens is 404 g/mol. The van der Waals surface area contributed by atoms with Crippen LogP contribution in [0.4, 0.5) is 5.69 Å². The van der Waals surface area contributed by atoms with Crippen molar-refractivity contribution in [2.45, 2.75) is 26.8 Å². The van der Waals surface area contributed by atoms with Crippen LogP contribution in [0, 0.1) is 13.8 Å². The molecule has 0 radical (unpaired) electrons. The summed E-state index contributed by atoms with van der Waals surface area (Å²) in [5.74, 6) is 0.846. The summed E-state index contributed by atoms with van der Waals surface area (Å²) in [7, 11) is 1.81. The fraction of sp³-hybridized carbons (Fsp3) is 0.524. The Labute approximate surface area is 183 Å². The monoisotopic (exact) mass is 434 g/mol. The third-order valence-electron chi connectivity index (χ3n) is 5.15. The van der Waals surface area contributed by atoms with Gasteiger partial charge in [-0.05, 0) is 38.9 Å². The smallest absolute Gasteiger partial charge is 0.191 e. The molecule has 1 aliphatic heterocycles. The average Bonchev–Trinajstić information content (AvgIpc) is 3.05. The summed E-state index contributed by atoms with van der Waals surface area (Å²) in [5.41, 5.74) is 2.25. The molecule has 3 rings (SSSR count). The minimum atomic E-state index is 0.765. The molecule has 1 aliphatic rings. The van der Waals surface area contributed by atoms with Crippen molar-refractivity contribution in [1.82, 2.24) is 20.5 Å². The Kier molecular flexibility index (Phi) is 8.15. The maximum absolute atomic E-state index is 6.33. The lowest BCUT2D eigenvalue weighted by atomic mass is 10.2. The quantitative estimate of drug-likeness (QED) is 0.398. The first-order chi connectivity index (χ1) is 14.1. The Bertz CT molecular complexity index is 813. The second-order valence-corrected chi connectivity index (χ2v) is 8.92. The molecule has 1 saturated heterocycles. The Morgan fingerprint density at radius 3 is 2.59 bits per heavy atom. The molecule has 1 aromatic carbocycles. The fourth-order valence-electron chi connectivity index (χ4n) is 3.55. The van der Waals surface area contributed by atoms with Crippen molar-refractivity contribution in [3.05, 3.63) is 44.9 Å². The van der Waals surface area contributed by atoms with Crippen molar-refractivity contribution in [3.8, 4) is 0 Å². The van der Waals surface area contributed by atoms with Crippen LogP contribution in [0.1, 0.15) is 22.0 Å². The zero-order valence-corrected chi connectivity index (χ0v) is 19.1. The highest BCUT2D eigenvalue weighted by Crippen LogP contribution is 2.26. The second kappa shape index (κ2) is 10.8. The number of para-hydroxylation sites is 1. The Morgan fingerprint density at radius 2 is 1.93 bits per heavy atom.